The molecule has 0 spiro atoms. The van der Waals surface area contributed by atoms with Crippen LogP contribution in [0.5, 0.6) is 0 Å². The van der Waals surface area contributed by atoms with E-state index in [0.29, 0.717) is 0 Å². The molecule has 2 rings (SSSR count). The number of halogens is 1. The summed E-state index contributed by atoms with van der Waals surface area (Å²) in [6.07, 6.45) is 0. The molecule has 0 saturated carbocycles. The Morgan fingerprint density at radius 3 is 2.79 bits per heavy atom. The van der Waals surface area contributed by atoms with Crippen molar-refractivity contribution in [2.45, 2.75) is 0 Å². The van der Waals surface area contributed by atoms with Crippen molar-refractivity contribution in [3.05, 3.63) is 29.6 Å². The van der Waals surface area contributed by atoms with Gasteiger partial charge in [0.25, 0.3) is 0 Å². The zero-order valence-electron chi connectivity index (χ0n) is 6.95. The summed E-state index contributed by atoms with van der Waals surface area (Å²) < 4.78 is 37.1. The molecule has 1 aromatic rings. The van der Waals surface area contributed by atoms with Crippen LogP contribution < -0.4 is 4.72 Å². The molecule has 1 heterocycles. The van der Waals surface area contributed by atoms with Gasteiger partial charge >= 0.3 is 0 Å². The normalized spacial score (nSPS) is 18.5. The first-order chi connectivity index (χ1) is 6.48. The van der Waals surface area contributed by atoms with Gasteiger partial charge in [-0.3, -0.25) is 9.52 Å². The number of sulfonamides is 1. The molecule has 4 nitrogen and oxygen atoms in total. The molecule has 0 unspecified atom stereocenters. The molecule has 74 valence electrons. The molecule has 1 aliphatic heterocycles. The third-order valence-corrected chi connectivity index (χ3v) is 3.04. The molecule has 0 bridgehead atoms. The van der Waals surface area contributed by atoms with Crippen LogP contribution in [0.25, 0.3) is 0 Å². The van der Waals surface area contributed by atoms with Crippen molar-refractivity contribution >= 4 is 21.5 Å². The molecule has 0 amide bonds. The minimum absolute atomic E-state index is 0.0832. The third-order valence-electron chi connectivity index (χ3n) is 1.87. The van der Waals surface area contributed by atoms with Crippen LogP contribution in [0.3, 0.4) is 0 Å². The summed E-state index contributed by atoms with van der Waals surface area (Å²) in [6, 6.07) is 3.36. The topological polar surface area (TPSA) is 63.2 Å². The summed E-state index contributed by atoms with van der Waals surface area (Å²) in [5, 5.41) is 0. The molecule has 6 heteroatoms. The quantitative estimate of drug-likeness (QED) is 0.695. The van der Waals surface area contributed by atoms with Crippen LogP contribution in [0.1, 0.15) is 10.4 Å². The molecule has 0 saturated heterocycles. The first-order valence-corrected chi connectivity index (χ1v) is 5.46. The first-order valence-electron chi connectivity index (χ1n) is 3.81. The molecular formula is C8H6FNO3S. The standard InChI is InChI=1S/C8H6FNO3S/c9-5-1-2-7-6(3-5)8(11)4-14(12,13)10-7/h1-3,10H,4H2. The highest BCUT2D eigenvalue weighted by molar-refractivity contribution is 7.93. The Bertz CT molecular complexity index is 509. The van der Waals surface area contributed by atoms with E-state index < -0.39 is 27.4 Å². The number of Topliss-reactive ketones (excluding diaryl/α,β-unsaturated/α-hetero) is 1. The average molecular weight is 215 g/mol. The van der Waals surface area contributed by atoms with Crippen molar-refractivity contribution in [3.63, 3.8) is 0 Å². The molecule has 0 atom stereocenters. The maximum Gasteiger partial charge on any atom is 0.240 e. The Morgan fingerprint density at radius 1 is 1.36 bits per heavy atom. The lowest BCUT2D eigenvalue weighted by molar-refractivity contribution is 0.102. The Balaban J connectivity index is 2.62. The lowest BCUT2D eigenvalue weighted by Gasteiger charge is -2.16. The summed E-state index contributed by atoms with van der Waals surface area (Å²) in [4.78, 5) is 11.3. The van der Waals surface area contributed by atoms with Crippen LogP contribution in [-0.2, 0) is 10.0 Å². The lowest BCUT2D eigenvalue weighted by atomic mass is 10.1. The van der Waals surface area contributed by atoms with Crippen molar-refractivity contribution < 1.29 is 17.6 Å². The van der Waals surface area contributed by atoms with E-state index in [1.54, 1.807) is 0 Å². The monoisotopic (exact) mass is 215 g/mol. The lowest BCUT2D eigenvalue weighted by Crippen LogP contribution is -2.29. The second kappa shape index (κ2) is 2.78. The van der Waals surface area contributed by atoms with Crippen molar-refractivity contribution in [2.24, 2.45) is 0 Å². The predicted molar refractivity (Wildman–Crippen MR) is 48.1 cm³/mol. The number of anilines is 1. The number of carbonyl (C=O) groups excluding carboxylic acids is 1. The number of rotatable bonds is 0. The van der Waals surface area contributed by atoms with Gasteiger partial charge in [-0.2, -0.15) is 0 Å². The Morgan fingerprint density at radius 2 is 2.07 bits per heavy atom. The molecule has 14 heavy (non-hydrogen) atoms. The number of hydrogen-bond acceptors (Lipinski definition) is 3. The van der Waals surface area contributed by atoms with Crippen LogP contribution >= 0.6 is 0 Å². The summed E-state index contributed by atoms with van der Waals surface area (Å²) in [6.45, 7) is 0. The summed E-state index contributed by atoms with van der Waals surface area (Å²) in [5.41, 5.74) is 0.225. The second-order valence-electron chi connectivity index (χ2n) is 2.97. The Hall–Kier alpha value is -1.43. The third kappa shape index (κ3) is 1.48. The van der Waals surface area contributed by atoms with E-state index in [4.69, 9.17) is 0 Å². The van der Waals surface area contributed by atoms with E-state index in [2.05, 4.69) is 4.72 Å². The smallest absolute Gasteiger partial charge is 0.240 e. The number of carbonyl (C=O) groups is 1. The van der Waals surface area contributed by atoms with E-state index in [0.717, 1.165) is 12.1 Å². The fraction of sp³-hybridized carbons (Fsp3) is 0.125. The van der Waals surface area contributed by atoms with E-state index >= 15 is 0 Å². The van der Waals surface area contributed by atoms with E-state index in [1.807, 2.05) is 0 Å². The molecule has 1 N–H and O–H groups in total. The predicted octanol–water partition coefficient (Wildman–Crippen LogP) is 0.764. The average Bonchev–Trinajstić information content (AvgIpc) is 2.05. The molecule has 1 aliphatic rings. The molecule has 0 aliphatic carbocycles. The van der Waals surface area contributed by atoms with Crippen molar-refractivity contribution in [1.29, 1.82) is 0 Å². The Labute approximate surface area is 79.8 Å². The van der Waals surface area contributed by atoms with Crippen molar-refractivity contribution in [3.8, 4) is 0 Å². The summed E-state index contributed by atoms with van der Waals surface area (Å²) in [7, 11) is -3.58. The largest absolute Gasteiger partial charge is 0.293 e. The fourth-order valence-electron chi connectivity index (χ4n) is 1.29. The van der Waals surface area contributed by atoms with Gasteiger partial charge in [0.05, 0.1) is 5.69 Å². The minimum Gasteiger partial charge on any atom is -0.293 e. The van der Waals surface area contributed by atoms with Gasteiger partial charge in [-0.05, 0) is 18.2 Å². The van der Waals surface area contributed by atoms with E-state index in [9.17, 15) is 17.6 Å². The molecule has 1 aromatic carbocycles. The fourth-order valence-corrected chi connectivity index (χ4v) is 2.38. The zero-order chi connectivity index (χ0) is 10.3. The molecule has 0 radical (unpaired) electrons. The maximum absolute atomic E-state index is 12.7. The van der Waals surface area contributed by atoms with Gasteiger partial charge in [-0.1, -0.05) is 0 Å². The minimum atomic E-state index is -3.58. The molecular weight excluding hydrogens is 209 g/mol. The van der Waals surface area contributed by atoms with Crippen LogP contribution in [-0.4, -0.2) is 20.0 Å². The van der Waals surface area contributed by atoms with Crippen LogP contribution in [0.15, 0.2) is 18.2 Å². The highest BCUT2D eigenvalue weighted by atomic mass is 32.2. The van der Waals surface area contributed by atoms with Gasteiger partial charge in [0.2, 0.25) is 10.0 Å². The van der Waals surface area contributed by atoms with Gasteiger partial charge in [-0.25, -0.2) is 12.8 Å². The van der Waals surface area contributed by atoms with Crippen molar-refractivity contribution in [2.75, 3.05) is 10.5 Å². The number of benzene rings is 1. The molecule has 0 fully saturated rings. The van der Waals surface area contributed by atoms with E-state index in [1.165, 1.54) is 6.07 Å². The van der Waals surface area contributed by atoms with Crippen LogP contribution in [0.2, 0.25) is 0 Å². The first kappa shape index (κ1) is 9.14. The van der Waals surface area contributed by atoms with Gasteiger partial charge < -0.3 is 0 Å². The number of fused-ring (bicyclic) bond motifs is 1. The molecule has 0 aromatic heterocycles. The second-order valence-corrected chi connectivity index (χ2v) is 4.70. The summed E-state index contributed by atoms with van der Waals surface area (Å²) in [5.74, 6) is -1.76. The highest BCUT2D eigenvalue weighted by Crippen LogP contribution is 2.23. The van der Waals surface area contributed by atoms with Gasteiger partial charge in [0.15, 0.2) is 5.78 Å². The van der Waals surface area contributed by atoms with E-state index in [-0.39, 0.29) is 11.3 Å². The maximum atomic E-state index is 12.7. The SMILES string of the molecule is O=C1CS(=O)(=O)Nc2ccc(F)cc21. The van der Waals surface area contributed by atoms with Gasteiger partial charge in [0, 0.05) is 5.56 Å². The van der Waals surface area contributed by atoms with Gasteiger partial charge in [0.1, 0.15) is 11.6 Å². The summed E-state index contributed by atoms with van der Waals surface area (Å²) >= 11 is 0. The van der Waals surface area contributed by atoms with Gasteiger partial charge in [-0.15, -0.1) is 0 Å². The Kier molecular flexibility index (Phi) is 1.81. The van der Waals surface area contributed by atoms with Crippen LogP contribution in [0, 0.1) is 5.82 Å². The highest BCUT2D eigenvalue weighted by Gasteiger charge is 2.27. The number of ketones is 1. The zero-order valence-corrected chi connectivity index (χ0v) is 7.77. The number of hydrogen-bond donors (Lipinski definition) is 1. The van der Waals surface area contributed by atoms with Crippen LogP contribution in [0.4, 0.5) is 10.1 Å². The number of nitrogens with one attached hydrogen (secondary N) is 1. The van der Waals surface area contributed by atoms with Crippen molar-refractivity contribution in [1.82, 2.24) is 0 Å².